The second-order valence-electron chi connectivity index (χ2n) is 7.17. The zero-order valence-corrected chi connectivity index (χ0v) is 20.2. The van der Waals surface area contributed by atoms with E-state index in [0.29, 0.717) is 22.1 Å². The van der Waals surface area contributed by atoms with Crippen molar-refractivity contribution in [2.24, 2.45) is 4.99 Å². The van der Waals surface area contributed by atoms with Gasteiger partial charge in [-0.2, -0.15) is 0 Å². The van der Waals surface area contributed by atoms with Crippen LogP contribution in [0.3, 0.4) is 0 Å². The summed E-state index contributed by atoms with van der Waals surface area (Å²) in [7, 11) is 1.46. The molecule has 8 nitrogen and oxygen atoms in total. The topological polar surface area (TPSA) is 100 Å². The summed E-state index contributed by atoms with van der Waals surface area (Å²) in [4.78, 5) is 27.1. The first kappa shape index (κ1) is 24.5. The van der Waals surface area contributed by atoms with Gasteiger partial charge in [0, 0.05) is 22.2 Å². The van der Waals surface area contributed by atoms with Crippen LogP contribution in [0.2, 0.25) is 15.1 Å². The Kier molecular flexibility index (Phi) is 7.25. The molecule has 0 amide bonds. The third-order valence-corrected chi connectivity index (χ3v) is 5.86. The molecule has 0 radical (unpaired) electrons. The highest BCUT2D eigenvalue weighted by Gasteiger charge is 2.26. The van der Waals surface area contributed by atoms with Gasteiger partial charge in [0.25, 0.3) is 5.69 Å². The molecule has 1 aliphatic heterocycles. The molecule has 0 aromatic heterocycles. The highest BCUT2D eigenvalue weighted by Crippen LogP contribution is 2.38. The van der Waals surface area contributed by atoms with Crippen LogP contribution in [0.25, 0.3) is 6.08 Å². The molecule has 0 fully saturated rings. The predicted molar refractivity (Wildman–Crippen MR) is 133 cm³/mol. The van der Waals surface area contributed by atoms with E-state index in [-0.39, 0.29) is 39.5 Å². The van der Waals surface area contributed by atoms with Crippen molar-refractivity contribution in [2.75, 3.05) is 7.11 Å². The number of halogens is 3. The molecule has 178 valence electrons. The Morgan fingerprint density at radius 1 is 1.06 bits per heavy atom. The van der Waals surface area contributed by atoms with E-state index in [1.807, 2.05) is 18.2 Å². The number of nitrogens with zero attached hydrogens (tertiary/aromatic N) is 2. The number of cyclic esters (lactones) is 1. The van der Waals surface area contributed by atoms with Crippen LogP contribution in [-0.2, 0) is 16.1 Å². The van der Waals surface area contributed by atoms with Crippen molar-refractivity contribution in [2.45, 2.75) is 6.61 Å². The summed E-state index contributed by atoms with van der Waals surface area (Å²) in [5.41, 5.74) is 1.15. The fourth-order valence-electron chi connectivity index (χ4n) is 3.20. The molecule has 3 aromatic carbocycles. The molecular formula is C24H15Cl3N2O6. The molecule has 0 bridgehead atoms. The first-order chi connectivity index (χ1) is 16.8. The van der Waals surface area contributed by atoms with Crippen molar-refractivity contribution >= 4 is 58.4 Å². The zero-order chi connectivity index (χ0) is 25.1. The molecule has 35 heavy (non-hydrogen) atoms. The number of esters is 1. The van der Waals surface area contributed by atoms with Gasteiger partial charge in [0.1, 0.15) is 11.6 Å². The lowest BCUT2D eigenvalue weighted by Gasteiger charge is -2.14. The Bertz CT molecular complexity index is 1400. The standard InChI is InChI=1S/C24H15Cl3N2O6/c1-33-21-10-13(8-18(27)22(21)34-12-15-4-2-3-5-16(15)25)9-19-24(30)35-23(28-19)14-6-7-17(26)20(11-14)29(31)32/h2-11H,12H2,1H3. The number of hydrogen-bond acceptors (Lipinski definition) is 7. The van der Waals surface area contributed by atoms with Crippen molar-refractivity contribution in [3.63, 3.8) is 0 Å². The van der Waals surface area contributed by atoms with Gasteiger partial charge < -0.3 is 14.2 Å². The Balaban J connectivity index is 1.61. The maximum Gasteiger partial charge on any atom is 0.363 e. The average molecular weight is 534 g/mol. The Labute approximate surface area is 214 Å². The first-order valence-corrected chi connectivity index (χ1v) is 11.1. The molecule has 0 unspecified atom stereocenters. The summed E-state index contributed by atoms with van der Waals surface area (Å²) in [6.45, 7) is 0.170. The largest absolute Gasteiger partial charge is 0.493 e. The summed E-state index contributed by atoms with van der Waals surface area (Å²) in [5.74, 6) is -0.172. The molecule has 1 aliphatic rings. The highest BCUT2D eigenvalue weighted by molar-refractivity contribution is 6.33. The Morgan fingerprint density at radius 3 is 2.54 bits per heavy atom. The molecule has 0 aliphatic carbocycles. The minimum absolute atomic E-state index is 0.0274. The lowest BCUT2D eigenvalue weighted by atomic mass is 10.1. The third kappa shape index (κ3) is 5.40. The van der Waals surface area contributed by atoms with Gasteiger partial charge in [-0.3, -0.25) is 10.1 Å². The maximum atomic E-state index is 12.4. The van der Waals surface area contributed by atoms with Crippen molar-refractivity contribution in [3.05, 3.63) is 102 Å². The number of nitro benzene ring substituents is 1. The second-order valence-corrected chi connectivity index (χ2v) is 8.40. The smallest absolute Gasteiger partial charge is 0.363 e. The second kappa shape index (κ2) is 10.4. The lowest BCUT2D eigenvalue weighted by Crippen LogP contribution is -2.06. The van der Waals surface area contributed by atoms with Crippen molar-refractivity contribution in [3.8, 4) is 11.5 Å². The molecule has 1 heterocycles. The average Bonchev–Trinajstić information content (AvgIpc) is 3.19. The SMILES string of the molecule is COc1cc(C=C2N=C(c3ccc(Cl)c([N+](=O)[O-])c3)OC2=O)cc(Cl)c1OCc1ccccc1Cl. The van der Waals surface area contributed by atoms with Gasteiger partial charge in [-0.25, -0.2) is 9.79 Å². The van der Waals surface area contributed by atoms with E-state index in [4.69, 9.17) is 49.0 Å². The van der Waals surface area contributed by atoms with Crippen LogP contribution in [-0.4, -0.2) is 23.9 Å². The molecule has 4 rings (SSSR count). The monoisotopic (exact) mass is 532 g/mol. The van der Waals surface area contributed by atoms with E-state index in [1.54, 1.807) is 18.2 Å². The maximum absolute atomic E-state index is 12.4. The van der Waals surface area contributed by atoms with E-state index in [0.717, 1.165) is 5.56 Å². The van der Waals surface area contributed by atoms with Gasteiger partial charge in [0.05, 0.1) is 17.1 Å². The molecule has 11 heteroatoms. The molecule has 0 spiro atoms. The van der Waals surface area contributed by atoms with Crippen LogP contribution in [0.4, 0.5) is 5.69 Å². The molecule has 3 aromatic rings. The summed E-state index contributed by atoms with van der Waals surface area (Å²) < 4.78 is 16.4. The normalized spacial score (nSPS) is 14.0. The van der Waals surface area contributed by atoms with E-state index in [9.17, 15) is 14.9 Å². The number of carbonyl (C=O) groups excluding carboxylic acids is 1. The first-order valence-electron chi connectivity index (χ1n) is 9.97. The Morgan fingerprint density at radius 2 is 1.83 bits per heavy atom. The molecular weight excluding hydrogens is 519 g/mol. The van der Waals surface area contributed by atoms with Crippen LogP contribution in [0.5, 0.6) is 11.5 Å². The number of rotatable bonds is 7. The molecule has 0 saturated carbocycles. The number of hydrogen-bond donors (Lipinski definition) is 0. The summed E-state index contributed by atoms with van der Waals surface area (Å²) in [6, 6.07) is 14.4. The quantitative estimate of drug-likeness (QED) is 0.149. The van der Waals surface area contributed by atoms with E-state index in [2.05, 4.69) is 4.99 Å². The number of carbonyl (C=O) groups is 1. The van der Waals surface area contributed by atoms with Gasteiger partial charge >= 0.3 is 5.97 Å². The van der Waals surface area contributed by atoms with Crippen LogP contribution < -0.4 is 9.47 Å². The third-order valence-electron chi connectivity index (χ3n) is 4.90. The minimum atomic E-state index is -0.730. The van der Waals surface area contributed by atoms with Gasteiger partial charge in [0.15, 0.2) is 17.2 Å². The fraction of sp³-hybridized carbons (Fsp3) is 0.0833. The molecule has 0 N–H and O–H groups in total. The number of methoxy groups -OCH3 is 1. The van der Waals surface area contributed by atoms with Gasteiger partial charge in [0.2, 0.25) is 5.90 Å². The van der Waals surface area contributed by atoms with E-state index >= 15 is 0 Å². The van der Waals surface area contributed by atoms with Crippen molar-refractivity contribution in [1.29, 1.82) is 0 Å². The van der Waals surface area contributed by atoms with Crippen LogP contribution in [0.1, 0.15) is 16.7 Å². The Hall–Kier alpha value is -3.59. The van der Waals surface area contributed by atoms with Crippen molar-refractivity contribution < 1.29 is 23.9 Å². The summed E-state index contributed by atoms with van der Waals surface area (Å²) >= 11 is 18.5. The van der Waals surface area contributed by atoms with Gasteiger partial charge in [-0.15, -0.1) is 0 Å². The molecule has 0 atom stereocenters. The highest BCUT2D eigenvalue weighted by atomic mass is 35.5. The van der Waals surface area contributed by atoms with Gasteiger partial charge in [-0.1, -0.05) is 53.0 Å². The molecule has 0 saturated heterocycles. The van der Waals surface area contributed by atoms with E-state index < -0.39 is 10.9 Å². The number of nitro groups is 1. The number of ether oxygens (including phenoxy) is 3. The van der Waals surface area contributed by atoms with Crippen LogP contribution in [0.15, 0.2) is 65.3 Å². The zero-order valence-electron chi connectivity index (χ0n) is 18.0. The predicted octanol–water partition coefficient (Wildman–Crippen LogP) is 6.49. The fourth-order valence-corrected chi connectivity index (χ4v) is 3.86. The summed E-state index contributed by atoms with van der Waals surface area (Å²) in [6.07, 6.45) is 1.45. The summed E-state index contributed by atoms with van der Waals surface area (Å²) in [5, 5.41) is 11.9. The minimum Gasteiger partial charge on any atom is -0.493 e. The number of aliphatic imine (C=N–C) groups is 1. The van der Waals surface area contributed by atoms with Crippen molar-refractivity contribution in [1.82, 2.24) is 0 Å². The van der Waals surface area contributed by atoms with Crippen LogP contribution in [0, 0.1) is 10.1 Å². The van der Waals surface area contributed by atoms with Crippen LogP contribution >= 0.6 is 34.8 Å². The lowest BCUT2D eigenvalue weighted by molar-refractivity contribution is -0.384. The van der Waals surface area contributed by atoms with Gasteiger partial charge in [-0.05, 0) is 42.0 Å². The van der Waals surface area contributed by atoms with E-state index in [1.165, 1.54) is 31.4 Å². The number of benzene rings is 3.